The van der Waals surface area contributed by atoms with Gasteiger partial charge in [-0.1, -0.05) is 265 Å². The molecule has 0 aromatic heterocycles. The standard InChI is InChI=1S/C70H121N2O7P/c1-7-10-13-16-19-22-25-28-30-31-32-33-34-35-36-37-38-39-40-41-43-45-48-51-54-57-60-63-70(74)79-68(61-58-55-52-49-46-27-24-21-18-15-12-9-3)67(66-78-80(75,76)77-65-64-72(4,5)6)71-69(73)62-59-56-53-50-47-44-42-29-26-23-20-17-14-11-8-2/h10-11,13-14,17,19-20,22-23,26,28,30,32-33,35-36,38-39,58,61,67-68H,7-9,12,15-16,18,21,24-25,27,29,31,34,37,40-57,59-60,62-66H2,1-6H3,(H-,71,73,75,76)/p+1/b13-10-,14-11+,20-17+,22-19-,26-23+,30-28-,33-32-,36-35-,39-38-,61-58-. The number of quaternary nitrogens is 1. The van der Waals surface area contributed by atoms with Crippen LogP contribution in [0.4, 0.5) is 0 Å². The number of amides is 1. The van der Waals surface area contributed by atoms with Crippen molar-refractivity contribution in [2.45, 2.75) is 270 Å². The number of rotatable bonds is 57. The lowest BCUT2D eigenvalue weighted by molar-refractivity contribution is -0.870. The maximum Gasteiger partial charge on any atom is 0.472 e. The lowest BCUT2D eigenvalue weighted by Gasteiger charge is -2.27. The number of unbranched alkanes of at least 4 members (excludes halogenated alkanes) is 25. The van der Waals surface area contributed by atoms with Crippen molar-refractivity contribution in [1.82, 2.24) is 5.32 Å². The van der Waals surface area contributed by atoms with E-state index in [0.29, 0.717) is 17.4 Å². The molecule has 0 bridgehead atoms. The SMILES string of the molecule is CC/C=C\C/C=C\C/C=C\C/C=C\C/C=C\C/C=C\CCCCCCCCCCC(=O)OC(/C=C\CCCCCCCCCCCC)C(COP(=O)(O)OCC[N+](C)(C)C)NC(=O)CCCCCCCCC/C=C/C=C/C=C/CC. The van der Waals surface area contributed by atoms with Crippen LogP contribution in [-0.2, 0) is 27.9 Å². The molecule has 80 heavy (non-hydrogen) atoms. The Morgan fingerprint density at radius 3 is 1.34 bits per heavy atom. The third-order valence-corrected chi connectivity index (χ3v) is 14.7. The van der Waals surface area contributed by atoms with Crippen molar-refractivity contribution in [1.29, 1.82) is 0 Å². The molecule has 0 aromatic carbocycles. The molecule has 0 rings (SSSR count). The highest BCUT2D eigenvalue weighted by atomic mass is 31.2. The number of likely N-dealkylation sites (N-methyl/N-ethyl adjacent to an activating group) is 1. The third-order valence-electron chi connectivity index (χ3n) is 13.7. The van der Waals surface area contributed by atoms with E-state index in [4.69, 9.17) is 13.8 Å². The predicted molar refractivity (Wildman–Crippen MR) is 346 cm³/mol. The molecule has 0 radical (unpaired) electrons. The van der Waals surface area contributed by atoms with E-state index in [0.717, 1.165) is 128 Å². The van der Waals surface area contributed by atoms with Gasteiger partial charge in [0.15, 0.2) is 0 Å². The summed E-state index contributed by atoms with van der Waals surface area (Å²) in [6, 6.07) is -0.866. The zero-order chi connectivity index (χ0) is 58.6. The lowest BCUT2D eigenvalue weighted by Crippen LogP contribution is -2.47. The molecule has 0 saturated carbocycles. The summed E-state index contributed by atoms with van der Waals surface area (Å²) in [5, 5.41) is 3.05. The molecule has 0 fully saturated rings. The van der Waals surface area contributed by atoms with E-state index in [-0.39, 0.29) is 31.5 Å². The minimum Gasteiger partial charge on any atom is -0.456 e. The molecule has 458 valence electrons. The van der Waals surface area contributed by atoms with Crippen LogP contribution in [0.25, 0.3) is 0 Å². The van der Waals surface area contributed by atoms with Gasteiger partial charge in [0.05, 0.1) is 33.8 Å². The van der Waals surface area contributed by atoms with Crippen molar-refractivity contribution < 1.29 is 37.3 Å². The molecule has 1 amide bonds. The monoisotopic (exact) mass is 1130 g/mol. The first-order valence-electron chi connectivity index (χ1n) is 32.4. The summed E-state index contributed by atoms with van der Waals surface area (Å²) in [6.07, 6.45) is 82.0. The average Bonchev–Trinajstić information content (AvgIpc) is 3.43. The van der Waals surface area contributed by atoms with Crippen LogP contribution in [0, 0.1) is 0 Å². The molecule has 0 aromatic rings. The van der Waals surface area contributed by atoms with Crippen molar-refractivity contribution in [3.8, 4) is 0 Å². The minimum atomic E-state index is -4.46. The van der Waals surface area contributed by atoms with Crippen molar-refractivity contribution in [3.05, 3.63) is 122 Å². The van der Waals surface area contributed by atoms with Crippen molar-refractivity contribution >= 4 is 19.7 Å². The Bertz CT molecular complexity index is 1780. The third kappa shape index (κ3) is 59.0. The lowest BCUT2D eigenvalue weighted by atomic mass is 10.0. The highest BCUT2D eigenvalue weighted by Gasteiger charge is 2.30. The van der Waals surface area contributed by atoms with Crippen LogP contribution in [0.5, 0.6) is 0 Å². The summed E-state index contributed by atoms with van der Waals surface area (Å²) >= 11 is 0. The van der Waals surface area contributed by atoms with Gasteiger partial charge in [-0.15, -0.1) is 0 Å². The van der Waals surface area contributed by atoms with Crippen molar-refractivity contribution in [2.24, 2.45) is 0 Å². The molecule has 3 atom stereocenters. The fourth-order valence-electron chi connectivity index (χ4n) is 8.77. The molecule has 0 spiro atoms. The Morgan fingerprint density at radius 2 is 0.863 bits per heavy atom. The summed E-state index contributed by atoms with van der Waals surface area (Å²) in [5.74, 6) is -0.535. The van der Waals surface area contributed by atoms with Gasteiger partial charge in [0.25, 0.3) is 0 Å². The van der Waals surface area contributed by atoms with Gasteiger partial charge in [-0.3, -0.25) is 18.6 Å². The molecule has 0 heterocycles. The Kier molecular flexibility index (Phi) is 56.0. The van der Waals surface area contributed by atoms with Crippen LogP contribution in [0.2, 0.25) is 0 Å². The molecule has 9 nitrogen and oxygen atoms in total. The van der Waals surface area contributed by atoms with E-state index in [2.05, 4.69) is 135 Å². The number of phosphoric acid groups is 1. The van der Waals surface area contributed by atoms with Crippen LogP contribution in [-0.4, -0.2) is 74.3 Å². The van der Waals surface area contributed by atoms with Crippen molar-refractivity contribution in [2.75, 3.05) is 40.9 Å². The van der Waals surface area contributed by atoms with E-state index >= 15 is 0 Å². The number of hydrogen-bond donors (Lipinski definition) is 2. The molecule has 0 saturated heterocycles. The van der Waals surface area contributed by atoms with Gasteiger partial charge in [-0.25, -0.2) is 4.57 Å². The van der Waals surface area contributed by atoms with E-state index in [9.17, 15) is 19.0 Å². The van der Waals surface area contributed by atoms with E-state index in [1.54, 1.807) is 0 Å². The molecule has 3 unspecified atom stereocenters. The molecular weight excluding hydrogens is 1010 g/mol. The van der Waals surface area contributed by atoms with E-state index in [1.165, 1.54) is 96.3 Å². The second-order valence-electron chi connectivity index (χ2n) is 22.6. The van der Waals surface area contributed by atoms with Gasteiger partial charge >= 0.3 is 13.8 Å². The molecule has 10 heteroatoms. The van der Waals surface area contributed by atoms with Gasteiger partial charge in [0.1, 0.15) is 19.3 Å². The molecule has 0 aliphatic carbocycles. The van der Waals surface area contributed by atoms with Crippen LogP contribution in [0.3, 0.4) is 0 Å². The topological polar surface area (TPSA) is 111 Å². The quantitative estimate of drug-likeness (QED) is 0.0156. The largest absolute Gasteiger partial charge is 0.472 e. The number of carbonyl (C=O) groups excluding carboxylic acids is 2. The van der Waals surface area contributed by atoms with Gasteiger partial charge < -0.3 is 19.4 Å². The Balaban J connectivity index is 5.15. The van der Waals surface area contributed by atoms with Gasteiger partial charge in [0, 0.05) is 12.8 Å². The van der Waals surface area contributed by atoms with Gasteiger partial charge in [0.2, 0.25) is 5.91 Å². The number of nitrogens with zero attached hydrogens (tertiary/aromatic N) is 1. The normalized spacial score (nSPS) is 14.4. The van der Waals surface area contributed by atoms with Gasteiger partial charge in [-0.2, -0.15) is 0 Å². The Labute approximate surface area is 493 Å². The highest BCUT2D eigenvalue weighted by molar-refractivity contribution is 7.47. The number of carbonyl (C=O) groups is 2. The van der Waals surface area contributed by atoms with Crippen LogP contribution in [0.1, 0.15) is 258 Å². The minimum absolute atomic E-state index is 0.0302. The maximum atomic E-state index is 13.5. The second kappa shape index (κ2) is 58.6. The van der Waals surface area contributed by atoms with Gasteiger partial charge in [-0.05, 0) is 102 Å². The average molecular weight is 1130 g/mol. The highest BCUT2D eigenvalue weighted by Crippen LogP contribution is 2.43. The number of esters is 1. The predicted octanol–water partition coefficient (Wildman–Crippen LogP) is 20.3. The molecule has 0 aliphatic rings. The van der Waals surface area contributed by atoms with Crippen molar-refractivity contribution in [3.63, 3.8) is 0 Å². The smallest absolute Gasteiger partial charge is 0.456 e. The van der Waals surface area contributed by atoms with E-state index < -0.39 is 20.0 Å². The van der Waals surface area contributed by atoms with E-state index in [1.807, 2.05) is 33.3 Å². The number of phosphoric ester groups is 1. The van der Waals surface area contributed by atoms with Crippen LogP contribution < -0.4 is 5.32 Å². The molecule has 2 N–H and O–H groups in total. The zero-order valence-corrected chi connectivity index (χ0v) is 53.2. The molecular formula is C70H122N2O7P+. The summed E-state index contributed by atoms with van der Waals surface area (Å²) in [6.45, 7) is 6.74. The Hall–Kier alpha value is -3.59. The van der Waals surface area contributed by atoms with Crippen LogP contribution >= 0.6 is 7.82 Å². The zero-order valence-electron chi connectivity index (χ0n) is 52.3. The first-order chi connectivity index (χ1) is 38.9. The second-order valence-corrected chi connectivity index (χ2v) is 24.0. The summed E-state index contributed by atoms with van der Waals surface area (Å²) in [5.41, 5.74) is 0. The number of allylic oxidation sites excluding steroid dienone is 19. The molecule has 0 aliphatic heterocycles. The van der Waals surface area contributed by atoms with Crippen LogP contribution in [0.15, 0.2) is 122 Å². The Morgan fingerprint density at radius 1 is 0.463 bits per heavy atom. The number of ether oxygens (including phenoxy) is 1. The summed E-state index contributed by atoms with van der Waals surface area (Å²) < 4.78 is 30.7. The number of nitrogens with one attached hydrogen (secondary N) is 1. The summed E-state index contributed by atoms with van der Waals surface area (Å²) in [7, 11) is 1.47. The first-order valence-corrected chi connectivity index (χ1v) is 33.9. The maximum absolute atomic E-state index is 13.5. The summed E-state index contributed by atoms with van der Waals surface area (Å²) in [4.78, 5) is 37.8. The first kappa shape index (κ1) is 76.4. The number of hydrogen-bond acceptors (Lipinski definition) is 6. The fourth-order valence-corrected chi connectivity index (χ4v) is 9.50. The fraction of sp³-hybridized carbons (Fsp3) is 0.686.